The number of β-lactam (4-membered cyclic amide) rings is 1. The molecule has 134 valence electrons. The Morgan fingerprint density at radius 1 is 0.920 bits per heavy atom. The van der Waals surface area contributed by atoms with Crippen molar-refractivity contribution in [1.29, 1.82) is 0 Å². The number of carbonyl (C=O) groups is 1. The largest absolute Gasteiger partial charge is 0.334 e. The Hall–Kier alpha value is -1.35. The lowest BCUT2D eigenvalue weighted by molar-refractivity contribution is -0.181. The van der Waals surface area contributed by atoms with Crippen LogP contribution in [0, 0.1) is 17.3 Å². The summed E-state index contributed by atoms with van der Waals surface area (Å²) in [6, 6.07) is 11.1. The molecule has 0 radical (unpaired) electrons. The van der Waals surface area contributed by atoms with Crippen molar-refractivity contribution in [2.24, 2.45) is 17.3 Å². The van der Waals surface area contributed by atoms with E-state index in [0.717, 1.165) is 44.3 Å². The molecule has 1 atom stereocenters. The van der Waals surface area contributed by atoms with E-state index in [1.807, 2.05) is 0 Å². The van der Waals surface area contributed by atoms with Gasteiger partial charge in [0.05, 0.1) is 11.5 Å². The Balaban J connectivity index is 1.33. The van der Waals surface area contributed by atoms with Crippen LogP contribution in [0.1, 0.15) is 56.6 Å². The molecular weight excluding hydrogens is 308 g/mol. The smallest absolute Gasteiger partial charge is 0.231 e. The summed E-state index contributed by atoms with van der Waals surface area (Å²) in [7, 11) is 0. The second-order valence-corrected chi connectivity index (χ2v) is 8.97. The van der Waals surface area contributed by atoms with Gasteiger partial charge in [0.2, 0.25) is 5.91 Å². The van der Waals surface area contributed by atoms with Crippen LogP contribution < -0.4 is 0 Å². The Bertz CT molecular complexity index is 627. The maximum atomic E-state index is 13.2. The van der Waals surface area contributed by atoms with Gasteiger partial charge < -0.3 is 9.80 Å². The number of carbonyl (C=O) groups excluding carboxylic acids is 1. The lowest BCUT2D eigenvalue weighted by Gasteiger charge is -2.59. The summed E-state index contributed by atoms with van der Waals surface area (Å²) < 4.78 is 0. The molecule has 3 nitrogen and oxygen atoms in total. The molecule has 2 aliphatic heterocycles. The predicted octanol–water partition coefficient (Wildman–Crippen LogP) is 3.86. The minimum atomic E-state index is -0.105. The highest BCUT2D eigenvalue weighted by atomic mass is 16.2. The summed E-state index contributed by atoms with van der Waals surface area (Å²) in [6.45, 7) is 4.49. The van der Waals surface area contributed by atoms with E-state index in [2.05, 4.69) is 40.1 Å². The monoisotopic (exact) mass is 338 g/mol. The zero-order valence-electron chi connectivity index (χ0n) is 15.2. The van der Waals surface area contributed by atoms with E-state index < -0.39 is 0 Å². The second-order valence-electron chi connectivity index (χ2n) is 8.97. The highest BCUT2D eigenvalue weighted by Crippen LogP contribution is 2.57. The molecule has 25 heavy (non-hydrogen) atoms. The van der Waals surface area contributed by atoms with Crippen molar-refractivity contribution in [1.82, 2.24) is 9.80 Å². The number of nitrogens with zero attached hydrogens (tertiary/aromatic N) is 2. The molecule has 0 aromatic heterocycles. The van der Waals surface area contributed by atoms with Crippen LogP contribution in [0.5, 0.6) is 0 Å². The normalized spacial score (nSPS) is 29.5. The first-order valence-corrected chi connectivity index (χ1v) is 10.3. The van der Waals surface area contributed by atoms with E-state index in [-0.39, 0.29) is 5.41 Å². The fourth-order valence-electron chi connectivity index (χ4n) is 5.32. The van der Waals surface area contributed by atoms with Crippen LogP contribution in [-0.4, -0.2) is 41.9 Å². The van der Waals surface area contributed by atoms with Crippen molar-refractivity contribution in [3.05, 3.63) is 35.9 Å². The van der Waals surface area contributed by atoms with Crippen LogP contribution in [0.4, 0.5) is 0 Å². The van der Waals surface area contributed by atoms with E-state index in [0.29, 0.717) is 11.9 Å². The molecule has 0 bridgehead atoms. The quantitative estimate of drug-likeness (QED) is 0.761. The molecule has 2 heterocycles. The molecule has 0 unspecified atom stereocenters. The van der Waals surface area contributed by atoms with Gasteiger partial charge in [0.25, 0.3) is 0 Å². The molecule has 2 aliphatic carbocycles. The Morgan fingerprint density at radius 3 is 2.20 bits per heavy atom. The van der Waals surface area contributed by atoms with Crippen LogP contribution in [0.25, 0.3) is 0 Å². The number of hydrogen-bond acceptors (Lipinski definition) is 2. The van der Waals surface area contributed by atoms with Crippen molar-refractivity contribution < 1.29 is 4.79 Å². The van der Waals surface area contributed by atoms with Crippen LogP contribution in [0.15, 0.2) is 30.3 Å². The summed E-state index contributed by atoms with van der Waals surface area (Å²) in [5.41, 5.74) is 1.25. The number of piperidine rings is 1. The highest BCUT2D eigenvalue weighted by molar-refractivity contribution is 5.91. The minimum Gasteiger partial charge on any atom is -0.334 e. The molecule has 3 heteroatoms. The summed E-state index contributed by atoms with van der Waals surface area (Å²) >= 11 is 0. The fraction of sp³-hybridized carbons (Fsp3) is 0.682. The lowest BCUT2D eigenvalue weighted by Crippen LogP contribution is -2.66. The molecule has 2 saturated carbocycles. The molecule has 1 aromatic rings. The van der Waals surface area contributed by atoms with Gasteiger partial charge >= 0.3 is 0 Å². The first-order valence-electron chi connectivity index (χ1n) is 10.3. The van der Waals surface area contributed by atoms with Crippen LogP contribution in [-0.2, 0) is 4.79 Å². The number of rotatable bonds is 5. The minimum absolute atomic E-state index is 0.105. The predicted molar refractivity (Wildman–Crippen MR) is 99.1 cm³/mol. The lowest BCUT2D eigenvalue weighted by atomic mass is 9.62. The average molecular weight is 338 g/mol. The molecule has 1 amide bonds. The SMILES string of the molecule is O=C1N(CC2CC2)[C@@H](c2ccccc2)C12CCN(CC1CCC1)CC2. The first kappa shape index (κ1) is 15.9. The molecule has 1 spiro atoms. The first-order chi connectivity index (χ1) is 12.3. The van der Waals surface area contributed by atoms with Gasteiger partial charge in [-0.15, -0.1) is 0 Å². The summed E-state index contributed by atoms with van der Waals surface area (Å²) in [4.78, 5) is 18.0. The van der Waals surface area contributed by atoms with Crippen molar-refractivity contribution in [3.8, 4) is 0 Å². The molecule has 1 aromatic carbocycles. The van der Waals surface area contributed by atoms with Gasteiger partial charge in [0.1, 0.15) is 0 Å². The van der Waals surface area contributed by atoms with E-state index in [1.54, 1.807) is 0 Å². The molecular formula is C22H30N2O. The molecule has 5 rings (SSSR count). The topological polar surface area (TPSA) is 23.6 Å². The zero-order chi connectivity index (χ0) is 16.9. The maximum absolute atomic E-state index is 13.2. The fourth-order valence-corrected chi connectivity index (χ4v) is 5.32. The van der Waals surface area contributed by atoms with Crippen LogP contribution >= 0.6 is 0 Å². The van der Waals surface area contributed by atoms with Crippen LogP contribution in [0.2, 0.25) is 0 Å². The van der Waals surface area contributed by atoms with Crippen molar-refractivity contribution in [3.63, 3.8) is 0 Å². The molecule has 4 aliphatic rings. The van der Waals surface area contributed by atoms with Gasteiger partial charge in [0.15, 0.2) is 0 Å². The third-order valence-corrected chi connectivity index (χ3v) is 7.28. The number of benzene rings is 1. The van der Waals surface area contributed by atoms with Crippen molar-refractivity contribution >= 4 is 5.91 Å². The number of hydrogen-bond donors (Lipinski definition) is 0. The third kappa shape index (κ3) is 2.71. The van der Waals surface area contributed by atoms with E-state index in [9.17, 15) is 4.79 Å². The van der Waals surface area contributed by atoms with Gasteiger partial charge in [-0.3, -0.25) is 4.79 Å². The zero-order valence-corrected chi connectivity index (χ0v) is 15.2. The molecule has 2 saturated heterocycles. The van der Waals surface area contributed by atoms with Gasteiger partial charge in [-0.05, 0) is 69.0 Å². The third-order valence-electron chi connectivity index (χ3n) is 7.28. The van der Waals surface area contributed by atoms with Crippen LogP contribution in [0.3, 0.4) is 0 Å². The summed E-state index contributed by atoms with van der Waals surface area (Å²) in [5.74, 6) is 2.16. The average Bonchev–Trinajstić information content (AvgIpc) is 3.43. The Kier molecular flexibility index (Phi) is 3.89. The van der Waals surface area contributed by atoms with Gasteiger partial charge in [0, 0.05) is 13.1 Å². The molecule has 0 N–H and O–H groups in total. The highest BCUT2D eigenvalue weighted by Gasteiger charge is 2.61. The summed E-state index contributed by atoms with van der Waals surface area (Å²) in [5, 5.41) is 0. The van der Waals surface area contributed by atoms with Gasteiger partial charge in [-0.1, -0.05) is 36.8 Å². The second kappa shape index (κ2) is 6.12. The molecule has 4 fully saturated rings. The maximum Gasteiger partial charge on any atom is 0.231 e. The van der Waals surface area contributed by atoms with Crippen molar-refractivity contribution in [2.45, 2.75) is 51.0 Å². The van der Waals surface area contributed by atoms with E-state index in [1.165, 1.54) is 44.2 Å². The van der Waals surface area contributed by atoms with Gasteiger partial charge in [-0.25, -0.2) is 0 Å². The van der Waals surface area contributed by atoms with E-state index in [4.69, 9.17) is 0 Å². The van der Waals surface area contributed by atoms with E-state index >= 15 is 0 Å². The summed E-state index contributed by atoms with van der Waals surface area (Å²) in [6.07, 6.45) is 9.00. The number of amides is 1. The van der Waals surface area contributed by atoms with Crippen molar-refractivity contribution in [2.75, 3.05) is 26.2 Å². The number of likely N-dealkylation sites (tertiary alicyclic amines) is 2. The Labute approximate surface area is 151 Å². The van der Waals surface area contributed by atoms with Gasteiger partial charge in [-0.2, -0.15) is 0 Å². The Morgan fingerprint density at radius 2 is 1.60 bits per heavy atom. The standard InChI is InChI=1S/C22H30N2O/c25-21-22(11-13-23(14-12-22)15-17-5-4-6-17)20(19-7-2-1-3-8-19)24(21)16-18-9-10-18/h1-3,7-8,17-18,20H,4-6,9-16H2/t20-/m0/s1.